The number of carbonyl (C=O) groups excluding carboxylic acids is 1. The predicted octanol–water partition coefficient (Wildman–Crippen LogP) is 3.33. The molecule has 1 saturated heterocycles. The first-order valence-electron chi connectivity index (χ1n) is 8.65. The first-order chi connectivity index (χ1) is 11.1. The third kappa shape index (κ3) is 6.56. The Balaban J connectivity index is 1.83. The van der Waals surface area contributed by atoms with Crippen LogP contribution in [0.3, 0.4) is 0 Å². The topological polar surface area (TPSA) is 32.3 Å². The summed E-state index contributed by atoms with van der Waals surface area (Å²) in [4.78, 5) is 14.2. The minimum atomic E-state index is 0.169. The Bertz CT molecular complexity index is 487. The van der Waals surface area contributed by atoms with Gasteiger partial charge in [0, 0.05) is 19.1 Å². The van der Waals surface area contributed by atoms with Gasteiger partial charge in [-0.25, -0.2) is 0 Å². The average Bonchev–Trinajstić information content (AvgIpc) is 2.49. The van der Waals surface area contributed by atoms with E-state index in [2.05, 4.69) is 48.3 Å². The van der Waals surface area contributed by atoms with Crippen molar-refractivity contribution in [3.8, 4) is 0 Å². The summed E-state index contributed by atoms with van der Waals surface area (Å²) in [6.07, 6.45) is 5.38. The summed E-state index contributed by atoms with van der Waals surface area (Å²) in [5, 5.41) is 3.16. The molecule has 1 fully saturated rings. The molecule has 1 aliphatic rings. The highest BCUT2D eigenvalue weighted by atomic mass is 32.2. The lowest BCUT2D eigenvalue weighted by Crippen LogP contribution is -2.47. The molecule has 1 unspecified atom stereocenters. The van der Waals surface area contributed by atoms with Gasteiger partial charge in [0.05, 0.1) is 5.75 Å². The molecule has 0 aliphatic carbocycles. The zero-order valence-corrected chi connectivity index (χ0v) is 15.5. The van der Waals surface area contributed by atoms with Crippen LogP contribution in [0.5, 0.6) is 0 Å². The van der Waals surface area contributed by atoms with Gasteiger partial charge in [0.1, 0.15) is 0 Å². The standard InChI is InChI=1S/C19H30N2OS/c1-15(2)11-16-6-8-17(9-7-16)12-21-10-4-5-18(13-21)20-19(22)14-23-3/h6-9,15,18H,4-5,10-14H2,1-3H3,(H,20,22). The average molecular weight is 335 g/mol. The SMILES string of the molecule is CSCC(=O)NC1CCCN(Cc2ccc(CC(C)C)cc2)C1. The molecule has 0 spiro atoms. The van der Waals surface area contributed by atoms with Crippen molar-refractivity contribution >= 4 is 17.7 Å². The molecule has 23 heavy (non-hydrogen) atoms. The monoisotopic (exact) mass is 334 g/mol. The van der Waals surface area contributed by atoms with Crippen molar-refractivity contribution in [1.82, 2.24) is 10.2 Å². The molecule has 3 nitrogen and oxygen atoms in total. The van der Waals surface area contributed by atoms with Gasteiger partial charge in [0.2, 0.25) is 5.91 Å². The molecule has 0 radical (unpaired) electrons. The lowest BCUT2D eigenvalue weighted by Gasteiger charge is -2.33. The zero-order valence-electron chi connectivity index (χ0n) is 14.7. The first-order valence-corrected chi connectivity index (χ1v) is 10.0. The van der Waals surface area contributed by atoms with Crippen molar-refractivity contribution < 1.29 is 4.79 Å². The lowest BCUT2D eigenvalue weighted by atomic mass is 10.0. The van der Waals surface area contributed by atoms with Crippen LogP contribution in [0.4, 0.5) is 0 Å². The van der Waals surface area contributed by atoms with E-state index in [0.29, 0.717) is 17.7 Å². The molecular formula is C19H30N2OS. The third-order valence-electron chi connectivity index (χ3n) is 4.22. The van der Waals surface area contributed by atoms with Gasteiger partial charge in [-0.05, 0) is 49.1 Å². The molecule has 0 bridgehead atoms. The van der Waals surface area contributed by atoms with Crippen LogP contribution in [0.15, 0.2) is 24.3 Å². The molecule has 2 rings (SSSR count). The van der Waals surface area contributed by atoms with Crippen LogP contribution in [0.2, 0.25) is 0 Å². The van der Waals surface area contributed by atoms with Gasteiger partial charge in [-0.1, -0.05) is 38.1 Å². The number of carbonyl (C=O) groups is 1. The molecule has 1 aromatic rings. The maximum absolute atomic E-state index is 11.8. The number of benzene rings is 1. The van der Waals surface area contributed by atoms with Gasteiger partial charge >= 0.3 is 0 Å². The van der Waals surface area contributed by atoms with E-state index in [1.165, 1.54) is 11.1 Å². The van der Waals surface area contributed by atoms with Crippen molar-refractivity contribution in [3.05, 3.63) is 35.4 Å². The van der Waals surface area contributed by atoms with E-state index in [9.17, 15) is 4.79 Å². The summed E-state index contributed by atoms with van der Waals surface area (Å²) in [6, 6.07) is 9.35. The number of piperidine rings is 1. The van der Waals surface area contributed by atoms with Crippen LogP contribution in [-0.2, 0) is 17.8 Å². The summed E-state index contributed by atoms with van der Waals surface area (Å²) < 4.78 is 0. The van der Waals surface area contributed by atoms with Crippen LogP contribution < -0.4 is 5.32 Å². The Labute approximate surface area is 145 Å². The number of hydrogen-bond donors (Lipinski definition) is 1. The second-order valence-electron chi connectivity index (χ2n) is 6.99. The Kier molecular flexibility index (Phi) is 7.44. The molecule has 1 amide bonds. The van der Waals surface area contributed by atoms with Crippen molar-refractivity contribution in [1.29, 1.82) is 0 Å². The van der Waals surface area contributed by atoms with Crippen LogP contribution in [0.1, 0.15) is 37.8 Å². The van der Waals surface area contributed by atoms with Gasteiger partial charge in [0.15, 0.2) is 0 Å². The largest absolute Gasteiger partial charge is 0.351 e. The first kappa shape index (κ1) is 18.3. The minimum absolute atomic E-state index is 0.169. The van der Waals surface area contributed by atoms with Crippen molar-refractivity contribution in [2.45, 2.75) is 45.7 Å². The molecule has 0 aromatic heterocycles. The van der Waals surface area contributed by atoms with E-state index in [0.717, 1.165) is 38.9 Å². The molecule has 128 valence electrons. The number of rotatable bonds is 7. The summed E-state index contributed by atoms with van der Waals surface area (Å²) in [5.41, 5.74) is 2.79. The van der Waals surface area contributed by atoms with Crippen molar-refractivity contribution in [2.24, 2.45) is 5.92 Å². The maximum Gasteiger partial charge on any atom is 0.230 e. The Morgan fingerprint density at radius 1 is 1.30 bits per heavy atom. The van der Waals surface area contributed by atoms with Gasteiger partial charge in [-0.2, -0.15) is 11.8 Å². The fraction of sp³-hybridized carbons (Fsp3) is 0.632. The number of thioether (sulfide) groups is 1. The summed E-state index contributed by atoms with van der Waals surface area (Å²) in [7, 11) is 0. The van der Waals surface area contributed by atoms with Gasteiger partial charge in [-0.15, -0.1) is 0 Å². The van der Waals surface area contributed by atoms with Gasteiger partial charge in [-0.3, -0.25) is 9.69 Å². The summed E-state index contributed by atoms with van der Waals surface area (Å²) in [6.45, 7) is 7.59. The second kappa shape index (κ2) is 9.33. The smallest absolute Gasteiger partial charge is 0.230 e. The highest BCUT2D eigenvalue weighted by Gasteiger charge is 2.21. The van der Waals surface area contributed by atoms with E-state index in [1.54, 1.807) is 11.8 Å². The highest BCUT2D eigenvalue weighted by molar-refractivity contribution is 7.99. The number of nitrogens with zero attached hydrogens (tertiary/aromatic N) is 1. The number of nitrogens with one attached hydrogen (secondary N) is 1. The minimum Gasteiger partial charge on any atom is -0.351 e. The molecule has 1 atom stereocenters. The fourth-order valence-corrected chi connectivity index (χ4v) is 3.57. The Hall–Kier alpha value is -1.00. The molecule has 1 N–H and O–H groups in total. The Morgan fingerprint density at radius 3 is 2.65 bits per heavy atom. The van der Waals surface area contributed by atoms with E-state index in [-0.39, 0.29) is 5.91 Å². The summed E-state index contributed by atoms with van der Waals surface area (Å²) in [5.74, 6) is 1.43. The fourth-order valence-electron chi connectivity index (χ4n) is 3.23. The van der Waals surface area contributed by atoms with Crippen LogP contribution >= 0.6 is 11.8 Å². The normalized spacial score (nSPS) is 19.0. The Morgan fingerprint density at radius 2 is 2.00 bits per heavy atom. The predicted molar refractivity (Wildman–Crippen MR) is 99.8 cm³/mol. The molecule has 1 aromatic carbocycles. The van der Waals surface area contributed by atoms with Crippen LogP contribution in [0.25, 0.3) is 0 Å². The van der Waals surface area contributed by atoms with Gasteiger partial charge in [0.25, 0.3) is 0 Å². The molecular weight excluding hydrogens is 304 g/mol. The van der Waals surface area contributed by atoms with E-state index >= 15 is 0 Å². The molecule has 4 heteroatoms. The number of amides is 1. The molecule has 1 heterocycles. The van der Waals surface area contributed by atoms with Crippen molar-refractivity contribution in [2.75, 3.05) is 25.1 Å². The second-order valence-corrected chi connectivity index (χ2v) is 7.86. The molecule has 1 aliphatic heterocycles. The van der Waals surface area contributed by atoms with Crippen molar-refractivity contribution in [3.63, 3.8) is 0 Å². The maximum atomic E-state index is 11.8. The van der Waals surface area contributed by atoms with Crippen LogP contribution in [0, 0.1) is 5.92 Å². The van der Waals surface area contributed by atoms with E-state index in [4.69, 9.17) is 0 Å². The van der Waals surface area contributed by atoms with Crippen LogP contribution in [-0.4, -0.2) is 41.9 Å². The highest BCUT2D eigenvalue weighted by Crippen LogP contribution is 2.16. The lowest BCUT2D eigenvalue weighted by molar-refractivity contribution is -0.119. The van der Waals surface area contributed by atoms with Gasteiger partial charge < -0.3 is 5.32 Å². The quantitative estimate of drug-likeness (QED) is 0.830. The third-order valence-corrected chi connectivity index (χ3v) is 4.77. The molecule has 0 saturated carbocycles. The number of hydrogen-bond acceptors (Lipinski definition) is 3. The summed E-state index contributed by atoms with van der Waals surface area (Å²) >= 11 is 1.58. The van der Waals surface area contributed by atoms with E-state index < -0.39 is 0 Å². The zero-order chi connectivity index (χ0) is 16.7. The number of likely N-dealkylation sites (tertiary alicyclic amines) is 1. The van der Waals surface area contributed by atoms with E-state index in [1.807, 2.05) is 6.26 Å².